The number of hydrogen-bond donors (Lipinski definition) is 2. The lowest BCUT2D eigenvalue weighted by Gasteiger charge is -2.19. The summed E-state index contributed by atoms with van der Waals surface area (Å²) in [5, 5.41) is 1.57. The lowest BCUT2D eigenvalue weighted by atomic mass is 10.4. The third-order valence-electron chi connectivity index (χ3n) is 1.43. The van der Waals surface area contributed by atoms with Crippen molar-refractivity contribution < 1.29 is 17.7 Å². The van der Waals surface area contributed by atoms with Gasteiger partial charge < -0.3 is 5.09 Å². The Bertz CT molecular complexity index is 284. The third-order valence-corrected chi connectivity index (χ3v) is 5.75. The van der Waals surface area contributed by atoms with Gasteiger partial charge in [-0.3, -0.25) is 10.1 Å². The Morgan fingerprint density at radius 1 is 1.67 bits per heavy atom. The van der Waals surface area contributed by atoms with Gasteiger partial charge in [0.15, 0.2) is 4.99 Å². The van der Waals surface area contributed by atoms with E-state index in [-0.39, 0.29) is 5.25 Å². The molecule has 0 amide bonds. The summed E-state index contributed by atoms with van der Waals surface area (Å²) < 4.78 is 47.5. The van der Waals surface area contributed by atoms with Crippen molar-refractivity contribution in [3.05, 3.63) is 0 Å². The van der Waals surface area contributed by atoms with Crippen LogP contribution in [0.3, 0.4) is 0 Å². The van der Waals surface area contributed by atoms with Crippen LogP contribution in [0.1, 0.15) is 20.3 Å². The smallest absolute Gasteiger partial charge is 0.304 e. The van der Waals surface area contributed by atoms with Crippen LogP contribution in [0.4, 0.5) is 13.2 Å². The van der Waals surface area contributed by atoms with Gasteiger partial charge in [0.05, 0.1) is 0 Å². The van der Waals surface area contributed by atoms with Gasteiger partial charge >= 0.3 is 6.18 Å². The molecule has 90 valence electrons. The largest absolute Gasteiger partial charge is 0.441 e. The summed E-state index contributed by atoms with van der Waals surface area (Å²) in [5.41, 5.74) is 5.21. The van der Waals surface area contributed by atoms with E-state index in [4.69, 9.17) is 5.50 Å². The summed E-state index contributed by atoms with van der Waals surface area (Å²) in [4.78, 5) is -1.44. The van der Waals surface area contributed by atoms with Crippen LogP contribution in [0.5, 0.6) is 0 Å². The minimum absolute atomic E-state index is 0.0932. The molecule has 0 heterocycles. The molecule has 0 aliphatic carbocycles. The van der Waals surface area contributed by atoms with Crippen molar-refractivity contribution in [2.45, 2.75) is 31.7 Å². The van der Waals surface area contributed by atoms with Crippen LogP contribution in [0.15, 0.2) is 0 Å². The first kappa shape index (κ1) is 15.2. The zero-order chi connectivity index (χ0) is 12.3. The minimum atomic E-state index is -4.69. The highest BCUT2D eigenvalue weighted by atomic mass is 32.7. The predicted molar refractivity (Wildman–Crippen MR) is 60.9 cm³/mol. The van der Waals surface area contributed by atoms with Crippen LogP contribution < -0.4 is 10.6 Å². The van der Waals surface area contributed by atoms with E-state index in [1.54, 1.807) is 12.0 Å². The molecule has 9 heteroatoms. The highest BCUT2D eigenvalue weighted by Gasteiger charge is 2.37. The van der Waals surface area contributed by atoms with Gasteiger partial charge in [-0.25, -0.2) is 0 Å². The molecule has 3 nitrogen and oxygen atoms in total. The lowest BCUT2D eigenvalue weighted by Crippen LogP contribution is -2.34. The van der Waals surface area contributed by atoms with Gasteiger partial charge in [-0.1, -0.05) is 37.4 Å². The monoisotopic (exact) mass is 280 g/mol. The number of alkyl halides is 3. The summed E-state index contributed by atoms with van der Waals surface area (Å²) in [6.07, 6.45) is -4.04. The van der Waals surface area contributed by atoms with Crippen molar-refractivity contribution in [1.82, 2.24) is 5.09 Å². The van der Waals surface area contributed by atoms with Crippen LogP contribution in [0.25, 0.3) is 0 Å². The number of rotatable bonds is 4. The highest BCUT2D eigenvalue weighted by Crippen LogP contribution is 2.50. The molecular formula is C6H12F3N2OPS2. The van der Waals surface area contributed by atoms with Crippen LogP contribution in [0.2, 0.25) is 0 Å². The van der Waals surface area contributed by atoms with E-state index in [1.807, 2.05) is 6.92 Å². The Morgan fingerprint density at radius 2 is 2.13 bits per heavy atom. The number of thiocarbonyl (C=S) groups is 1. The van der Waals surface area contributed by atoms with E-state index >= 15 is 0 Å². The molecule has 15 heavy (non-hydrogen) atoms. The second-order valence-corrected chi connectivity index (χ2v) is 7.96. The summed E-state index contributed by atoms with van der Waals surface area (Å²) in [7, 11) is 0. The fourth-order valence-electron chi connectivity index (χ4n) is 0.573. The van der Waals surface area contributed by atoms with Crippen molar-refractivity contribution in [2.75, 3.05) is 0 Å². The Kier molecular flexibility index (Phi) is 5.60. The van der Waals surface area contributed by atoms with Gasteiger partial charge in [0.25, 0.3) is 6.65 Å². The lowest BCUT2D eigenvalue weighted by molar-refractivity contribution is -0.0581. The number of nitrogens with one attached hydrogen (secondary N) is 1. The minimum Gasteiger partial charge on any atom is -0.304 e. The Labute approximate surface area is 95.6 Å². The van der Waals surface area contributed by atoms with E-state index in [2.05, 4.69) is 12.2 Å². The molecule has 3 N–H and O–H groups in total. The maximum Gasteiger partial charge on any atom is 0.441 e. The second kappa shape index (κ2) is 5.52. The molecule has 0 bridgehead atoms. The number of nitrogens with two attached hydrogens (primary N) is 1. The summed E-state index contributed by atoms with van der Waals surface area (Å²) in [6, 6.07) is 0. The Balaban J connectivity index is 4.39. The highest BCUT2D eigenvalue weighted by molar-refractivity contribution is 8.57. The van der Waals surface area contributed by atoms with Crippen molar-refractivity contribution in [2.24, 2.45) is 5.50 Å². The third kappa shape index (κ3) is 6.40. The van der Waals surface area contributed by atoms with Crippen LogP contribution in [-0.2, 0) is 4.57 Å². The Hall–Kier alpha value is 0.220. The van der Waals surface area contributed by atoms with Crippen molar-refractivity contribution in [3.8, 4) is 0 Å². The molecule has 2 atom stereocenters. The molecule has 0 aliphatic rings. The fraction of sp³-hybridized carbons (Fsp3) is 0.833. The van der Waals surface area contributed by atoms with E-state index in [1.165, 1.54) is 0 Å². The predicted octanol–water partition coefficient (Wildman–Crippen LogP) is 3.06. The van der Waals surface area contributed by atoms with Crippen molar-refractivity contribution >= 4 is 35.2 Å². The molecule has 0 aromatic rings. The first-order valence-corrected chi connectivity index (χ1v) is 7.72. The van der Waals surface area contributed by atoms with Crippen LogP contribution in [-0.4, -0.2) is 16.4 Å². The standard InChI is InChI=1S/C6H12F3N2OPS2/c1-3-4(2)15-13(10,12)11-5(14)6(7,8)9/h4H,3H2,1-2H3,(H3,10,11,12,14). The SMILES string of the molecule is CCC(C)SP(N)(=O)NC(=S)C(F)(F)F. The quantitative estimate of drug-likeness (QED) is 0.612. The van der Waals surface area contributed by atoms with Crippen molar-refractivity contribution in [3.63, 3.8) is 0 Å². The summed E-state index contributed by atoms with van der Waals surface area (Å²) in [6.45, 7) is -0.0684. The van der Waals surface area contributed by atoms with Crippen LogP contribution >= 0.6 is 30.2 Å². The first-order chi connectivity index (χ1) is 6.58. The molecule has 0 rings (SSSR count). The summed E-state index contributed by atoms with van der Waals surface area (Å²) >= 11 is 4.81. The maximum atomic E-state index is 12.0. The summed E-state index contributed by atoms with van der Waals surface area (Å²) in [5.74, 6) is 0. The van der Waals surface area contributed by atoms with Gasteiger partial charge in [0, 0.05) is 5.25 Å². The zero-order valence-electron chi connectivity index (χ0n) is 8.17. The molecule has 0 aliphatic heterocycles. The van der Waals surface area contributed by atoms with E-state index in [0.717, 1.165) is 11.4 Å². The second-order valence-electron chi connectivity index (χ2n) is 2.86. The van der Waals surface area contributed by atoms with E-state index < -0.39 is 17.8 Å². The molecule has 0 saturated heterocycles. The van der Waals surface area contributed by atoms with Crippen molar-refractivity contribution in [1.29, 1.82) is 0 Å². The topological polar surface area (TPSA) is 55.1 Å². The average molecular weight is 280 g/mol. The first-order valence-electron chi connectivity index (χ1n) is 4.05. The number of hydrogen-bond acceptors (Lipinski definition) is 3. The van der Waals surface area contributed by atoms with Gasteiger partial charge in [-0.05, 0) is 6.42 Å². The van der Waals surface area contributed by atoms with Crippen LogP contribution in [0, 0.1) is 0 Å². The zero-order valence-corrected chi connectivity index (χ0v) is 10.7. The normalized spacial score (nSPS) is 18.0. The molecule has 0 aromatic carbocycles. The average Bonchev–Trinajstić information content (AvgIpc) is 2.00. The molecular weight excluding hydrogens is 268 g/mol. The molecule has 0 radical (unpaired) electrons. The molecule has 0 spiro atoms. The van der Waals surface area contributed by atoms with Gasteiger partial charge in [0.2, 0.25) is 0 Å². The molecule has 0 fully saturated rings. The van der Waals surface area contributed by atoms with E-state index in [0.29, 0.717) is 6.42 Å². The van der Waals surface area contributed by atoms with Gasteiger partial charge in [-0.15, -0.1) is 0 Å². The molecule has 0 saturated carbocycles. The number of halogens is 3. The van der Waals surface area contributed by atoms with E-state index in [9.17, 15) is 17.7 Å². The molecule has 0 aromatic heterocycles. The maximum absolute atomic E-state index is 12.0. The van der Waals surface area contributed by atoms with Gasteiger partial charge in [-0.2, -0.15) is 13.2 Å². The van der Waals surface area contributed by atoms with Gasteiger partial charge in [0.1, 0.15) is 0 Å². The fourth-order valence-corrected chi connectivity index (χ4v) is 4.78. The molecule has 2 unspecified atom stereocenters. The Morgan fingerprint density at radius 3 is 2.47 bits per heavy atom.